The van der Waals surface area contributed by atoms with Crippen LogP contribution in [0.4, 0.5) is 4.79 Å². The molecule has 0 spiro atoms. The molecule has 2 aromatic carbocycles. The molecule has 1 unspecified atom stereocenters. The number of carbonyl (C=O) groups is 2. The van der Waals surface area contributed by atoms with Gasteiger partial charge in [-0.2, -0.15) is 0 Å². The number of carbonyl (C=O) groups excluding carboxylic acids is 1. The van der Waals surface area contributed by atoms with Crippen molar-refractivity contribution in [3.63, 3.8) is 0 Å². The summed E-state index contributed by atoms with van der Waals surface area (Å²) in [5, 5.41) is 11.9. The number of benzene rings is 2. The van der Waals surface area contributed by atoms with Crippen molar-refractivity contribution in [3.8, 4) is 11.1 Å². The summed E-state index contributed by atoms with van der Waals surface area (Å²) >= 11 is 0. The molecule has 6 nitrogen and oxygen atoms in total. The van der Waals surface area contributed by atoms with Crippen molar-refractivity contribution < 1.29 is 19.4 Å². The predicted octanol–water partition coefficient (Wildman–Crippen LogP) is 4.70. The molecule has 0 bridgehead atoms. The van der Waals surface area contributed by atoms with Gasteiger partial charge in [0, 0.05) is 30.3 Å². The van der Waals surface area contributed by atoms with Crippen LogP contribution < -0.4 is 5.32 Å². The summed E-state index contributed by atoms with van der Waals surface area (Å²) in [6.07, 6.45) is 1.98. The largest absolute Gasteiger partial charge is 0.481 e. The van der Waals surface area contributed by atoms with E-state index in [1.54, 1.807) is 6.20 Å². The number of nitrogens with zero attached hydrogens (tertiary/aromatic N) is 1. The summed E-state index contributed by atoms with van der Waals surface area (Å²) in [7, 11) is 0. The van der Waals surface area contributed by atoms with E-state index in [4.69, 9.17) is 9.84 Å². The molecule has 1 aromatic heterocycles. The summed E-state index contributed by atoms with van der Waals surface area (Å²) < 4.78 is 5.62. The molecule has 0 saturated carbocycles. The maximum atomic E-state index is 12.6. The Morgan fingerprint density at radius 2 is 1.69 bits per heavy atom. The Kier molecular flexibility index (Phi) is 6.50. The normalized spacial score (nSPS) is 13.2. The van der Waals surface area contributed by atoms with Crippen LogP contribution in [-0.2, 0) is 16.0 Å². The average molecular weight is 431 g/mol. The fourth-order valence-corrected chi connectivity index (χ4v) is 4.23. The zero-order chi connectivity index (χ0) is 22.5. The van der Waals surface area contributed by atoms with Crippen molar-refractivity contribution >= 4 is 12.1 Å². The Balaban J connectivity index is 1.42. The number of pyridine rings is 1. The predicted molar refractivity (Wildman–Crippen MR) is 122 cm³/mol. The van der Waals surface area contributed by atoms with Gasteiger partial charge < -0.3 is 15.2 Å². The molecule has 1 aliphatic rings. The van der Waals surface area contributed by atoms with E-state index in [1.165, 1.54) is 11.1 Å². The lowest BCUT2D eigenvalue weighted by atomic mass is 9.98. The summed E-state index contributed by atoms with van der Waals surface area (Å²) in [6.45, 7) is 2.12. The molecule has 6 heteroatoms. The van der Waals surface area contributed by atoms with Gasteiger partial charge in [0.1, 0.15) is 6.61 Å². The lowest BCUT2D eigenvalue weighted by Crippen LogP contribution is -2.37. The van der Waals surface area contributed by atoms with Gasteiger partial charge in [0.2, 0.25) is 0 Å². The number of aliphatic carboxylic acids is 1. The highest BCUT2D eigenvalue weighted by atomic mass is 16.5. The zero-order valence-corrected chi connectivity index (χ0v) is 18.0. The second-order valence-corrected chi connectivity index (χ2v) is 8.11. The Bertz CT molecular complexity index is 1070. The van der Waals surface area contributed by atoms with E-state index in [2.05, 4.69) is 34.6 Å². The van der Waals surface area contributed by atoms with Gasteiger partial charge in [-0.05, 0) is 53.6 Å². The number of aromatic nitrogens is 1. The Morgan fingerprint density at radius 3 is 2.28 bits per heavy atom. The zero-order valence-electron chi connectivity index (χ0n) is 18.0. The van der Waals surface area contributed by atoms with Crippen molar-refractivity contribution in [2.24, 2.45) is 0 Å². The molecule has 3 aromatic rings. The van der Waals surface area contributed by atoms with Gasteiger partial charge in [-0.15, -0.1) is 0 Å². The van der Waals surface area contributed by atoms with Crippen LogP contribution in [0.5, 0.6) is 0 Å². The molecule has 2 N–H and O–H groups in total. The van der Waals surface area contributed by atoms with Crippen LogP contribution in [0.1, 0.15) is 41.1 Å². The van der Waals surface area contributed by atoms with Crippen LogP contribution in [0.15, 0.2) is 66.9 Å². The van der Waals surface area contributed by atoms with Gasteiger partial charge in [-0.3, -0.25) is 9.78 Å². The third kappa shape index (κ3) is 4.97. The number of nitrogens with one attached hydrogen (secondary N) is 1. The van der Waals surface area contributed by atoms with Crippen molar-refractivity contribution in [2.75, 3.05) is 6.61 Å². The third-order valence-electron chi connectivity index (χ3n) is 5.83. The first-order valence-electron chi connectivity index (χ1n) is 10.8. The monoisotopic (exact) mass is 430 g/mol. The molecule has 0 aliphatic heterocycles. The van der Waals surface area contributed by atoms with Crippen LogP contribution >= 0.6 is 0 Å². The number of hydrogen-bond donors (Lipinski definition) is 2. The van der Waals surface area contributed by atoms with Crippen LogP contribution in [0.25, 0.3) is 11.1 Å². The van der Waals surface area contributed by atoms with Gasteiger partial charge in [-0.25, -0.2) is 4.79 Å². The number of hydrogen-bond acceptors (Lipinski definition) is 4. The summed E-state index contributed by atoms with van der Waals surface area (Å²) in [4.78, 5) is 28.0. The summed E-state index contributed by atoms with van der Waals surface area (Å²) in [5.74, 6) is -0.918. The van der Waals surface area contributed by atoms with Crippen molar-refractivity contribution in [1.29, 1.82) is 0 Å². The number of rotatable bonds is 8. The number of aryl methyl sites for hydroxylation is 1. The first-order valence-corrected chi connectivity index (χ1v) is 10.8. The van der Waals surface area contributed by atoms with E-state index in [9.17, 15) is 9.59 Å². The quantitative estimate of drug-likeness (QED) is 0.541. The lowest BCUT2D eigenvalue weighted by Gasteiger charge is -2.20. The maximum absolute atomic E-state index is 12.6. The van der Waals surface area contributed by atoms with Crippen molar-refractivity contribution in [3.05, 3.63) is 89.2 Å². The molecule has 1 atom stereocenters. The number of carboxylic acid groups (broad SMARTS) is 1. The van der Waals surface area contributed by atoms with Crippen molar-refractivity contribution in [1.82, 2.24) is 10.3 Å². The minimum Gasteiger partial charge on any atom is -0.481 e. The first kappa shape index (κ1) is 21.6. The fraction of sp³-hybridized carbons (Fsp3) is 0.269. The van der Waals surface area contributed by atoms with Crippen LogP contribution in [-0.4, -0.2) is 34.8 Å². The van der Waals surface area contributed by atoms with Gasteiger partial charge >= 0.3 is 12.1 Å². The smallest absolute Gasteiger partial charge is 0.407 e. The Labute approximate surface area is 187 Å². The van der Waals surface area contributed by atoms with Gasteiger partial charge in [-0.1, -0.05) is 54.6 Å². The number of amides is 1. The van der Waals surface area contributed by atoms with Crippen LogP contribution in [0.2, 0.25) is 0 Å². The molecule has 4 rings (SSSR count). The minimum atomic E-state index is -0.897. The molecular formula is C26H26N2O4. The highest BCUT2D eigenvalue weighted by Crippen LogP contribution is 2.44. The highest BCUT2D eigenvalue weighted by molar-refractivity contribution is 5.79. The van der Waals surface area contributed by atoms with Gasteiger partial charge in [0.15, 0.2) is 0 Å². The second-order valence-electron chi connectivity index (χ2n) is 8.11. The lowest BCUT2D eigenvalue weighted by molar-refractivity contribution is -0.137. The molecule has 0 saturated heterocycles. The standard InChI is InChI=1S/C26H26N2O4/c1-17-10-11-18(15-27-17)14-19(12-13-25(29)30)28-26(31)32-16-24-22-8-4-2-6-20(22)21-7-3-5-9-23(21)24/h2-11,15,19,24H,12-14,16H2,1H3,(H,28,31)(H,29,30). The molecule has 1 heterocycles. The maximum Gasteiger partial charge on any atom is 0.407 e. The fourth-order valence-electron chi connectivity index (χ4n) is 4.23. The molecule has 1 amide bonds. The number of ether oxygens (including phenoxy) is 1. The summed E-state index contributed by atoms with van der Waals surface area (Å²) in [5.41, 5.74) is 6.47. The Morgan fingerprint density at radius 1 is 1.03 bits per heavy atom. The molecule has 1 aliphatic carbocycles. The Hall–Kier alpha value is -3.67. The molecule has 32 heavy (non-hydrogen) atoms. The van der Waals surface area contributed by atoms with E-state index in [-0.39, 0.29) is 25.0 Å². The topological polar surface area (TPSA) is 88.5 Å². The average Bonchev–Trinajstić information content (AvgIpc) is 3.11. The molecule has 0 radical (unpaired) electrons. The van der Waals surface area contributed by atoms with Crippen molar-refractivity contribution in [2.45, 2.75) is 38.1 Å². The van der Waals surface area contributed by atoms with E-state index >= 15 is 0 Å². The summed E-state index contributed by atoms with van der Waals surface area (Å²) in [6, 6.07) is 19.8. The number of carboxylic acids is 1. The first-order chi connectivity index (χ1) is 15.5. The van der Waals surface area contributed by atoms with E-state index in [0.29, 0.717) is 12.8 Å². The minimum absolute atomic E-state index is 0.0214. The second kappa shape index (κ2) is 9.64. The van der Waals surface area contributed by atoms with Gasteiger partial charge in [0.05, 0.1) is 0 Å². The van der Waals surface area contributed by atoms with E-state index in [1.807, 2.05) is 43.3 Å². The highest BCUT2D eigenvalue weighted by Gasteiger charge is 2.29. The third-order valence-corrected chi connectivity index (χ3v) is 5.83. The van der Waals surface area contributed by atoms with Gasteiger partial charge in [0.25, 0.3) is 0 Å². The number of alkyl carbamates (subject to hydrolysis) is 1. The molecule has 164 valence electrons. The van der Waals surface area contributed by atoms with Crippen LogP contribution in [0, 0.1) is 6.92 Å². The number of fused-ring (bicyclic) bond motifs is 3. The molecular weight excluding hydrogens is 404 g/mol. The van der Waals surface area contributed by atoms with E-state index in [0.717, 1.165) is 22.4 Å². The van der Waals surface area contributed by atoms with Crippen LogP contribution in [0.3, 0.4) is 0 Å². The van der Waals surface area contributed by atoms with E-state index < -0.39 is 12.1 Å². The molecule has 0 fully saturated rings. The SMILES string of the molecule is Cc1ccc(CC(CCC(=O)O)NC(=O)OCC2c3ccccc3-c3ccccc32)cn1.